The van der Waals surface area contributed by atoms with Gasteiger partial charge in [-0.1, -0.05) is 19.3 Å². The third-order valence-electron chi connectivity index (χ3n) is 6.64. The number of aromatic nitrogens is 2. The molecule has 3 aliphatic rings. The molecule has 1 N–H and O–H groups in total. The molecule has 3 fully saturated rings. The van der Waals surface area contributed by atoms with E-state index >= 15 is 0 Å². The van der Waals surface area contributed by atoms with Crippen molar-refractivity contribution >= 4 is 11.8 Å². The third kappa shape index (κ3) is 3.61. The summed E-state index contributed by atoms with van der Waals surface area (Å²) in [5.41, 5.74) is 0.496. The highest BCUT2D eigenvalue weighted by Gasteiger charge is 2.56. The average Bonchev–Trinajstić information content (AvgIpc) is 3.34. The van der Waals surface area contributed by atoms with E-state index < -0.39 is 5.41 Å². The molecule has 0 aromatic carbocycles. The molecule has 1 aliphatic carbocycles. The first kappa shape index (κ1) is 18.5. The molecule has 0 radical (unpaired) electrons. The highest BCUT2D eigenvalue weighted by Crippen LogP contribution is 2.42. The normalized spacial score (nSPS) is 28.3. The minimum atomic E-state index is -0.556. The van der Waals surface area contributed by atoms with E-state index in [0.717, 1.165) is 18.5 Å². The fourth-order valence-corrected chi connectivity index (χ4v) is 4.86. The van der Waals surface area contributed by atoms with Gasteiger partial charge in [-0.2, -0.15) is 5.10 Å². The minimum Gasteiger partial charge on any atom is -0.380 e. The van der Waals surface area contributed by atoms with Crippen LogP contribution in [-0.2, 0) is 27.8 Å². The van der Waals surface area contributed by atoms with Crippen LogP contribution in [0.4, 0.5) is 0 Å². The predicted molar refractivity (Wildman–Crippen MR) is 99.9 cm³/mol. The Kier molecular flexibility index (Phi) is 5.21. The lowest BCUT2D eigenvalue weighted by atomic mass is 9.79. The maximum atomic E-state index is 13.1. The number of carbonyl (C=O) groups is 2. The first-order valence-electron chi connectivity index (χ1n) is 10.2. The number of ether oxygens (including phenoxy) is 1. The summed E-state index contributed by atoms with van der Waals surface area (Å²) in [5.74, 6) is 0.330. The predicted octanol–water partition coefficient (Wildman–Crippen LogP) is 1.28. The van der Waals surface area contributed by atoms with Crippen molar-refractivity contribution in [1.82, 2.24) is 20.0 Å². The van der Waals surface area contributed by atoms with Crippen molar-refractivity contribution in [3.8, 4) is 0 Å². The van der Waals surface area contributed by atoms with Gasteiger partial charge in [-0.05, 0) is 25.3 Å². The van der Waals surface area contributed by atoms with Crippen LogP contribution in [-0.4, -0.2) is 58.8 Å². The molecular weight excluding hydrogens is 344 g/mol. The van der Waals surface area contributed by atoms with Crippen molar-refractivity contribution < 1.29 is 14.3 Å². The molecule has 2 aliphatic heterocycles. The molecule has 0 spiro atoms. The zero-order chi connectivity index (χ0) is 18.9. The Balaban J connectivity index is 1.37. The van der Waals surface area contributed by atoms with E-state index in [4.69, 9.17) is 4.74 Å². The van der Waals surface area contributed by atoms with E-state index in [9.17, 15) is 9.59 Å². The summed E-state index contributed by atoms with van der Waals surface area (Å²) in [4.78, 5) is 27.8. The van der Waals surface area contributed by atoms with E-state index in [1.165, 1.54) is 19.3 Å². The van der Waals surface area contributed by atoms with Crippen LogP contribution in [0.25, 0.3) is 0 Å². The van der Waals surface area contributed by atoms with E-state index in [1.807, 2.05) is 18.0 Å². The van der Waals surface area contributed by atoms with Crippen molar-refractivity contribution in [3.05, 3.63) is 18.0 Å². The van der Waals surface area contributed by atoms with Gasteiger partial charge in [0.1, 0.15) is 0 Å². The maximum absolute atomic E-state index is 13.1. The van der Waals surface area contributed by atoms with Crippen LogP contribution in [0.5, 0.6) is 0 Å². The highest BCUT2D eigenvalue weighted by atomic mass is 16.5. The number of carbonyl (C=O) groups excluding carboxylic acids is 2. The topological polar surface area (TPSA) is 76.5 Å². The summed E-state index contributed by atoms with van der Waals surface area (Å²) in [6.07, 6.45) is 8.67. The molecule has 4 rings (SSSR count). The van der Waals surface area contributed by atoms with Crippen LogP contribution in [0.3, 0.4) is 0 Å². The van der Waals surface area contributed by atoms with Gasteiger partial charge in [0, 0.05) is 50.4 Å². The van der Waals surface area contributed by atoms with Crippen LogP contribution < -0.4 is 5.32 Å². The molecule has 1 aromatic heterocycles. The van der Waals surface area contributed by atoms with Crippen LogP contribution in [0.2, 0.25) is 0 Å². The second-order valence-corrected chi connectivity index (χ2v) is 8.40. The van der Waals surface area contributed by atoms with Crippen molar-refractivity contribution in [2.24, 2.45) is 18.4 Å². The Morgan fingerprint density at radius 3 is 2.89 bits per heavy atom. The molecule has 0 bridgehead atoms. The summed E-state index contributed by atoms with van der Waals surface area (Å²) < 4.78 is 7.48. The molecule has 2 saturated heterocycles. The molecule has 7 nitrogen and oxygen atoms in total. The van der Waals surface area contributed by atoms with Gasteiger partial charge >= 0.3 is 0 Å². The average molecular weight is 374 g/mol. The lowest BCUT2D eigenvalue weighted by molar-refractivity contribution is -0.134. The molecule has 3 heterocycles. The number of nitrogens with zero attached hydrogens (tertiary/aromatic N) is 3. The molecule has 1 unspecified atom stereocenters. The number of fused-ring (bicyclic) bond motifs is 1. The van der Waals surface area contributed by atoms with Gasteiger partial charge in [0.25, 0.3) is 0 Å². The van der Waals surface area contributed by atoms with Crippen molar-refractivity contribution in [3.63, 3.8) is 0 Å². The number of hydrogen-bond acceptors (Lipinski definition) is 4. The number of amides is 2. The fourth-order valence-electron chi connectivity index (χ4n) is 4.86. The number of likely N-dealkylation sites (tertiary alicyclic amines) is 1. The SMILES string of the molecule is Cn1nccc1CCC(=O)N1CC2COC[C@]2(C(=O)NC2CCCCC2)C1. The summed E-state index contributed by atoms with van der Waals surface area (Å²) in [6.45, 7) is 2.12. The number of rotatable bonds is 5. The Hall–Kier alpha value is -1.89. The second-order valence-electron chi connectivity index (χ2n) is 8.40. The highest BCUT2D eigenvalue weighted by molar-refractivity contribution is 5.86. The van der Waals surface area contributed by atoms with Gasteiger partial charge in [-0.15, -0.1) is 0 Å². The van der Waals surface area contributed by atoms with Crippen LogP contribution in [0.15, 0.2) is 12.3 Å². The van der Waals surface area contributed by atoms with E-state index in [0.29, 0.717) is 39.1 Å². The second kappa shape index (κ2) is 7.62. The van der Waals surface area contributed by atoms with Gasteiger partial charge in [-0.3, -0.25) is 14.3 Å². The van der Waals surface area contributed by atoms with E-state index in [2.05, 4.69) is 10.4 Å². The minimum absolute atomic E-state index is 0.0961. The molecule has 1 saturated carbocycles. The quantitative estimate of drug-likeness (QED) is 0.842. The first-order valence-corrected chi connectivity index (χ1v) is 10.2. The number of hydrogen-bond donors (Lipinski definition) is 1. The Labute approximate surface area is 160 Å². The van der Waals surface area contributed by atoms with Gasteiger partial charge in [0.15, 0.2) is 0 Å². The van der Waals surface area contributed by atoms with Crippen molar-refractivity contribution in [1.29, 1.82) is 0 Å². The van der Waals surface area contributed by atoms with Gasteiger partial charge < -0.3 is 15.0 Å². The van der Waals surface area contributed by atoms with E-state index in [-0.39, 0.29) is 23.8 Å². The molecular formula is C20H30N4O3. The molecule has 7 heteroatoms. The molecule has 2 atom stereocenters. The third-order valence-corrected chi connectivity index (χ3v) is 6.64. The van der Waals surface area contributed by atoms with Crippen LogP contribution >= 0.6 is 0 Å². The number of nitrogens with one attached hydrogen (secondary N) is 1. The number of aryl methyl sites for hydroxylation is 2. The lowest BCUT2D eigenvalue weighted by Crippen LogP contribution is -2.50. The van der Waals surface area contributed by atoms with Crippen LogP contribution in [0.1, 0.15) is 44.2 Å². The Morgan fingerprint density at radius 2 is 2.15 bits per heavy atom. The first-order chi connectivity index (χ1) is 13.1. The summed E-state index contributed by atoms with van der Waals surface area (Å²) in [6, 6.07) is 2.23. The van der Waals surface area contributed by atoms with Gasteiger partial charge in [-0.25, -0.2) is 0 Å². The van der Waals surface area contributed by atoms with Crippen molar-refractivity contribution in [2.75, 3.05) is 26.3 Å². The standard InChI is InChI=1S/C20H30N4O3/c1-23-17(9-10-21-23)7-8-18(25)24-11-15-12-27-14-20(15,13-24)19(26)22-16-5-3-2-4-6-16/h9-10,15-16H,2-8,11-14H2,1H3,(H,22,26)/t15?,20-/m1/s1. The van der Waals surface area contributed by atoms with E-state index in [1.54, 1.807) is 10.9 Å². The van der Waals surface area contributed by atoms with Crippen molar-refractivity contribution in [2.45, 2.75) is 51.0 Å². The smallest absolute Gasteiger partial charge is 0.231 e. The summed E-state index contributed by atoms with van der Waals surface area (Å²) in [7, 11) is 1.89. The Morgan fingerprint density at radius 1 is 1.33 bits per heavy atom. The summed E-state index contributed by atoms with van der Waals surface area (Å²) in [5, 5.41) is 7.43. The molecule has 2 amide bonds. The zero-order valence-electron chi connectivity index (χ0n) is 16.2. The zero-order valence-corrected chi connectivity index (χ0v) is 16.2. The molecule has 27 heavy (non-hydrogen) atoms. The monoisotopic (exact) mass is 374 g/mol. The van der Waals surface area contributed by atoms with Gasteiger partial charge in [0.05, 0.1) is 18.6 Å². The summed E-state index contributed by atoms with van der Waals surface area (Å²) >= 11 is 0. The molecule has 148 valence electrons. The fraction of sp³-hybridized carbons (Fsp3) is 0.750. The lowest BCUT2D eigenvalue weighted by Gasteiger charge is -2.30. The largest absolute Gasteiger partial charge is 0.380 e. The van der Waals surface area contributed by atoms with Gasteiger partial charge in [0.2, 0.25) is 11.8 Å². The Bertz CT molecular complexity index is 697. The molecule has 1 aromatic rings. The van der Waals surface area contributed by atoms with Crippen LogP contribution in [0, 0.1) is 11.3 Å². The maximum Gasteiger partial charge on any atom is 0.231 e.